The Hall–Kier alpha value is -0.770. The van der Waals surface area contributed by atoms with Crippen molar-refractivity contribution in [3.8, 4) is 0 Å². The molecule has 0 saturated carbocycles. The maximum absolute atomic E-state index is 6.06. The largest absolute Gasteiger partial charge is 0.399 e. The van der Waals surface area contributed by atoms with Crippen LogP contribution >= 0.6 is 11.6 Å². The Morgan fingerprint density at radius 2 is 1.95 bits per heavy atom. The van der Waals surface area contributed by atoms with Crippen LogP contribution in [0.5, 0.6) is 0 Å². The van der Waals surface area contributed by atoms with Crippen molar-refractivity contribution in [1.82, 2.24) is 4.90 Å². The number of benzene rings is 1. The first-order chi connectivity index (χ1) is 9.10. The van der Waals surface area contributed by atoms with E-state index in [1.807, 2.05) is 12.1 Å². The van der Waals surface area contributed by atoms with E-state index in [0.717, 1.165) is 43.8 Å². The summed E-state index contributed by atoms with van der Waals surface area (Å²) in [5.74, 6) is 0. The molecular weight excluding hydrogens is 260 g/mol. The third-order valence-electron chi connectivity index (χ3n) is 3.41. The molecule has 0 saturated heterocycles. The Morgan fingerprint density at radius 3 is 2.47 bits per heavy atom. The molecular formula is C15H25ClN2O. The molecule has 0 fully saturated rings. The van der Waals surface area contributed by atoms with Gasteiger partial charge in [-0.1, -0.05) is 25.4 Å². The van der Waals surface area contributed by atoms with Crippen LogP contribution < -0.4 is 5.73 Å². The second kappa shape index (κ2) is 8.41. The number of hydrogen-bond acceptors (Lipinski definition) is 3. The van der Waals surface area contributed by atoms with Crippen LogP contribution in [0.4, 0.5) is 5.69 Å². The molecule has 1 rings (SSSR count). The number of nitrogens with zero attached hydrogens (tertiary/aromatic N) is 1. The van der Waals surface area contributed by atoms with E-state index in [1.54, 1.807) is 13.2 Å². The van der Waals surface area contributed by atoms with Gasteiger partial charge in [-0.05, 0) is 36.6 Å². The summed E-state index contributed by atoms with van der Waals surface area (Å²) in [6, 6.07) is 6.32. The van der Waals surface area contributed by atoms with Gasteiger partial charge in [-0.3, -0.25) is 4.90 Å². The molecule has 0 unspecified atom stereocenters. The van der Waals surface area contributed by atoms with Crippen LogP contribution in [0, 0.1) is 0 Å². The highest BCUT2D eigenvalue weighted by Crippen LogP contribution is 2.20. The number of rotatable bonds is 8. The minimum atomic E-state index is 0.565. The maximum atomic E-state index is 6.06. The number of hydrogen-bond donors (Lipinski definition) is 1. The molecule has 108 valence electrons. The van der Waals surface area contributed by atoms with Gasteiger partial charge >= 0.3 is 0 Å². The Bertz CT molecular complexity index is 360. The van der Waals surface area contributed by atoms with Crippen molar-refractivity contribution < 1.29 is 4.74 Å². The van der Waals surface area contributed by atoms with E-state index in [1.165, 1.54) is 0 Å². The molecule has 1 aromatic carbocycles. The quantitative estimate of drug-likeness (QED) is 0.742. The number of methoxy groups -OCH3 is 1. The first kappa shape index (κ1) is 16.3. The van der Waals surface area contributed by atoms with Crippen molar-refractivity contribution in [1.29, 1.82) is 0 Å². The summed E-state index contributed by atoms with van der Waals surface area (Å²) in [6.45, 7) is 6.98. The van der Waals surface area contributed by atoms with Crippen LogP contribution in [0.2, 0.25) is 5.02 Å². The zero-order chi connectivity index (χ0) is 14.3. The highest BCUT2D eigenvalue weighted by atomic mass is 35.5. The summed E-state index contributed by atoms with van der Waals surface area (Å²) in [4.78, 5) is 2.44. The number of nitrogens with two attached hydrogens (primary N) is 1. The predicted octanol–water partition coefficient (Wildman–Crippen LogP) is 3.56. The van der Waals surface area contributed by atoms with Crippen LogP contribution in [0.25, 0.3) is 0 Å². The monoisotopic (exact) mass is 284 g/mol. The number of anilines is 1. The number of ether oxygens (including phenoxy) is 1. The molecule has 0 aliphatic rings. The molecule has 0 radical (unpaired) electrons. The Labute approximate surface area is 121 Å². The van der Waals surface area contributed by atoms with Gasteiger partial charge in [0, 0.05) is 37.0 Å². The second-order valence-corrected chi connectivity index (χ2v) is 5.26. The highest BCUT2D eigenvalue weighted by molar-refractivity contribution is 6.30. The molecule has 0 atom stereocenters. The molecule has 1 aromatic rings. The molecule has 0 heterocycles. The van der Waals surface area contributed by atoms with E-state index < -0.39 is 0 Å². The van der Waals surface area contributed by atoms with Crippen LogP contribution in [-0.2, 0) is 11.3 Å². The molecule has 19 heavy (non-hydrogen) atoms. The summed E-state index contributed by atoms with van der Waals surface area (Å²) in [7, 11) is 1.74. The van der Waals surface area contributed by atoms with Crippen molar-refractivity contribution in [3.05, 3.63) is 28.8 Å². The standard InChI is InChI=1S/C15H25ClN2O/c1-4-15(5-2)18(6-7-19-3)11-12-8-13(16)10-14(17)9-12/h8-10,15H,4-7,11,17H2,1-3H3. The van der Waals surface area contributed by atoms with E-state index in [0.29, 0.717) is 11.1 Å². The molecule has 2 N–H and O–H groups in total. The average Bonchev–Trinajstić information content (AvgIpc) is 2.35. The summed E-state index contributed by atoms with van der Waals surface area (Å²) < 4.78 is 5.20. The predicted molar refractivity (Wildman–Crippen MR) is 82.5 cm³/mol. The fourth-order valence-corrected chi connectivity index (χ4v) is 2.67. The van der Waals surface area contributed by atoms with E-state index in [2.05, 4.69) is 18.7 Å². The molecule has 0 aromatic heterocycles. The van der Waals surface area contributed by atoms with Gasteiger partial charge < -0.3 is 10.5 Å². The maximum Gasteiger partial charge on any atom is 0.0589 e. The van der Waals surface area contributed by atoms with Crippen LogP contribution in [0.3, 0.4) is 0 Å². The molecule has 4 heteroatoms. The fourth-order valence-electron chi connectivity index (χ4n) is 2.41. The van der Waals surface area contributed by atoms with Gasteiger partial charge in [0.2, 0.25) is 0 Å². The van der Waals surface area contributed by atoms with Gasteiger partial charge in [0.1, 0.15) is 0 Å². The minimum absolute atomic E-state index is 0.565. The van der Waals surface area contributed by atoms with Crippen LogP contribution in [0.15, 0.2) is 18.2 Å². The Balaban J connectivity index is 2.80. The topological polar surface area (TPSA) is 38.5 Å². The van der Waals surface area contributed by atoms with Crippen molar-refractivity contribution in [2.24, 2.45) is 0 Å². The second-order valence-electron chi connectivity index (χ2n) is 4.83. The Morgan fingerprint density at radius 1 is 1.26 bits per heavy atom. The molecule has 0 bridgehead atoms. The first-order valence-electron chi connectivity index (χ1n) is 6.88. The summed E-state index contributed by atoms with van der Waals surface area (Å²) in [6.07, 6.45) is 2.27. The molecule has 0 aliphatic carbocycles. The third-order valence-corrected chi connectivity index (χ3v) is 3.63. The zero-order valence-corrected chi connectivity index (χ0v) is 12.9. The van der Waals surface area contributed by atoms with Gasteiger partial charge in [0.15, 0.2) is 0 Å². The van der Waals surface area contributed by atoms with Crippen molar-refractivity contribution in [2.75, 3.05) is 26.0 Å². The first-order valence-corrected chi connectivity index (χ1v) is 7.26. The molecule has 0 spiro atoms. The fraction of sp³-hybridized carbons (Fsp3) is 0.600. The van der Waals surface area contributed by atoms with E-state index >= 15 is 0 Å². The smallest absolute Gasteiger partial charge is 0.0589 e. The lowest BCUT2D eigenvalue weighted by Gasteiger charge is -2.30. The van der Waals surface area contributed by atoms with Gasteiger partial charge in [-0.15, -0.1) is 0 Å². The molecule has 3 nitrogen and oxygen atoms in total. The van der Waals surface area contributed by atoms with Gasteiger partial charge in [-0.25, -0.2) is 0 Å². The van der Waals surface area contributed by atoms with Crippen molar-refractivity contribution >= 4 is 17.3 Å². The summed E-state index contributed by atoms with van der Waals surface area (Å²) in [5.41, 5.74) is 7.73. The molecule has 0 aliphatic heterocycles. The molecule has 0 amide bonds. The van der Waals surface area contributed by atoms with Gasteiger partial charge in [0.25, 0.3) is 0 Å². The van der Waals surface area contributed by atoms with Gasteiger partial charge in [0.05, 0.1) is 6.61 Å². The minimum Gasteiger partial charge on any atom is -0.399 e. The Kier molecular flexibility index (Phi) is 7.21. The van der Waals surface area contributed by atoms with E-state index in [9.17, 15) is 0 Å². The van der Waals surface area contributed by atoms with Crippen molar-refractivity contribution in [2.45, 2.75) is 39.3 Å². The third kappa shape index (κ3) is 5.39. The van der Waals surface area contributed by atoms with Gasteiger partial charge in [-0.2, -0.15) is 0 Å². The summed E-state index contributed by atoms with van der Waals surface area (Å²) in [5, 5.41) is 0.700. The highest BCUT2D eigenvalue weighted by Gasteiger charge is 2.15. The van der Waals surface area contributed by atoms with Crippen LogP contribution in [0.1, 0.15) is 32.3 Å². The van der Waals surface area contributed by atoms with E-state index in [4.69, 9.17) is 22.1 Å². The SMILES string of the molecule is CCC(CC)N(CCOC)Cc1cc(N)cc(Cl)c1. The van der Waals surface area contributed by atoms with Crippen molar-refractivity contribution in [3.63, 3.8) is 0 Å². The lowest BCUT2D eigenvalue weighted by molar-refractivity contribution is 0.110. The average molecular weight is 285 g/mol. The number of nitrogen functional groups attached to an aromatic ring is 1. The van der Waals surface area contributed by atoms with E-state index in [-0.39, 0.29) is 0 Å². The normalized spacial score (nSPS) is 11.5. The van der Waals surface area contributed by atoms with Crippen LogP contribution in [-0.4, -0.2) is 31.2 Å². The number of halogens is 1. The lowest BCUT2D eigenvalue weighted by Crippen LogP contribution is -2.36. The zero-order valence-electron chi connectivity index (χ0n) is 12.2. The summed E-state index contributed by atoms with van der Waals surface area (Å²) >= 11 is 6.06. The lowest BCUT2D eigenvalue weighted by atomic mass is 10.1.